The van der Waals surface area contributed by atoms with Gasteiger partial charge in [-0.3, -0.25) is 0 Å². The molecule has 0 saturated carbocycles. The van der Waals surface area contributed by atoms with E-state index in [0.29, 0.717) is 12.6 Å². The van der Waals surface area contributed by atoms with Crippen molar-refractivity contribution in [3.8, 4) is 0 Å². The van der Waals surface area contributed by atoms with Gasteiger partial charge in [0.1, 0.15) is 12.6 Å². The van der Waals surface area contributed by atoms with Crippen LogP contribution in [0.1, 0.15) is 9.27 Å². The summed E-state index contributed by atoms with van der Waals surface area (Å²) in [5.74, 6) is 0. The van der Waals surface area contributed by atoms with Crippen LogP contribution in [0.5, 0.6) is 0 Å². The largest absolute Gasteiger partial charge is 1.00 e. The van der Waals surface area contributed by atoms with Gasteiger partial charge in [-0.05, 0) is 0 Å². The molecular weight excluding hydrogens is 114 g/mol. The van der Waals surface area contributed by atoms with Gasteiger partial charge >= 0.3 is 59.1 Å². The van der Waals surface area contributed by atoms with Gasteiger partial charge in [-0.15, -0.1) is 0 Å². The van der Waals surface area contributed by atoms with Gasteiger partial charge in [-0.1, -0.05) is 0 Å². The van der Waals surface area contributed by atoms with E-state index in [1.54, 1.807) is 0 Å². The summed E-state index contributed by atoms with van der Waals surface area (Å²) in [5.41, 5.74) is 0. The predicted octanol–water partition coefficient (Wildman–Crippen LogP) is -5.99. The zero-order valence-corrected chi connectivity index (χ0v) is 8.68. The van der Waals surface area contributed by atoms with E-state index in [1.807, 2.05) is 0 Å². The maximum atomic E-state index is 9.17. The van der Waals surface area contributed by atoms with Crippen LogP contribution in [-0.2, 0) is 9.59 Å². The van der Waals surface area contributed by atoms with Gasteiger partial charge in [-0.25, -0.2) is 0 Å². The van der Waals surface area contributed by atoms with Crippen LogP contribution in [0.15, 0.2) is 0 Å². The quantitative estimate of drug-likeness (QED) is 0.206. The topological polar surface area (TPSA) is 34.1 Å². The number of carbonyl (C=O) groups is 2. The Morgan fingerprint density at radius 2 is 1.43 bits per heavy atom. The molecule has 0 fully saturated rings. The third kappa shape index (κ3) is 18.8. The Labute approximate surface area is 89.6 Å². The molecule has 0 bridgehead atoms. The average Bonchev–Trinajstić information content (AvgIpc) is 1.41. The molecule has 0 N–H and O–H groups in total. The van der Waals surface area contributed by atoms with Gasteiger partial charge in [0.2, 0.25) is 0 Å². The van der Waals surface area contributed by atoms with E-state index in [9.17, 15) is 9.59 Å². The fraction of sp³-hybridized carbons (Fsp3) is 0.333. The van der Waals surface area contributed by atoms with Crippen molar-refractivity contribution in [2.24, 2.45) is 0 Å². The second-order valence-electron chi connectivity index (χ2n) is 0.569. The van der Waals surface area contributed by atoms with E-state index < -0.39 is 0 Å². The van der Waals surface area contributed by atoms with Crippen molar-refractivity contribution in [3.63, 3.8) is 0 Å². The summed E-state index contributed by atoms with van der Waals surface area (Å²) in [6, 6.07) is 0. The predicted molar refractivity (Wildman–Crippen MR) is 19.0 cm³/mol. The Kier molecular flexibility index (Phi) is 35.3. The van der Waals surface area contributed by atoms with Crippen LogP contribution < -0.4 is 59.1 Å². The average molecular weight is 120 g/mol. The molecule has 0 aromatic heterocycles. The summed E-state index contributed by atoms with van der Waals surface area (Å²) < 4.78 is 0. The first-order valence-electron chi connectivity index (χ1n) is 1.29. The summed E-state index contributed by atoms with van der Waals surface area (Å²) in [5, 5.41) is 0. The molecule has 0 aromatic rings. The minimum absolute atomic E-state index is 0. The molecule has 0 atom stereocenters. The molecule has 0 spiro atoms. The SMILES string of the molecule is O=CCC=O.[H-].[H-].[Na+].[Na+]. The first kappa shape index (κ1) is 15.8. The fourth-order valence-electron chi connectivity index (χ4n) is 0.0393. The van der Waals surface area contributed by atoms with Crippen LogP contribution in [0, 0.1) is 0 Å². The monoisotopic (exact) mass is 120 g/mol. The molecule has 0 radical (unpaired) electrons. The van der Waals surface area contributed by atoms with Crippen LogP contribution in [0.2, 0.25) is 0 Å². The summed E-state index contributed by atoms with van der Waals surface area (Å²) >= 11 is 0. The van der Waals surface area contributed by atoms with Gasteiger partial charge in [0.25, 0.3) is 0 Å². The van der Waals surface area contributed by atoms with Crippen LogP contribution >= 0.6 is 0 Å². The van der Waals surface area contributed by atoms with Gasteiger partial charge in [0.15, 0.2) is 0 Å². The van der Waals surface area contributed by atoms with Crippen LogP contribution in [0.3, 0.4) is 0 Å². The molecule has 0 rings (SSSR count). The van der Waals surface area contributed by atoms with Crippen molar-refractivity contribution >= 4 is 12.6 Å². The summed E-state index contributed by atoms with van der Waals surface area (Å²) in [4.78, 5) is 18.3. The zero-order chi connectivity index (χ0) is 4.12. The van der Waals surface area contributed by atoms with E-state index in [-0.39, 0.29) is 68.4 Å². The first-order chi connectivity index (χ1) is 2.41. The molecule has 0 amide bonds. The van der Waals surface area contributed by atoms with Crippen LogP contribution in [-0.4, -0.2) is 12.6 Å². The Bertz CT molecular complexity index is 47.1. The maximum Gasteiger partial charge on any atom is 1.00 e. The fourth-order valence-corrected chi connectivity index (χ4v) is 0.0393. The summed E-state index contributed by atoms with van der Waals surface area (Å²) in [6.07, 6.45) is 1.15. The molecule has 0 saturated heterocycles. The molecule has 0 aliphatic rings. The Morgan fingerprint density at radius 1 is 1.14 bits per heavy atom. The second kappa shape index (κ2) is 15.7. The molecule has 2 nitrogen and oxygen atoms in total. The molecule has 0 heterocycles. The minimum Gasteiger partial charge on any atom is -1.00 e. The van der Waals surface area contributed by atoms with E-state index >= 15 is 0 Å². The Balaban J connectivity index is -0.0000000133. The number of rotatable bonds is 2. The molecular formula is C3H6Na2O2. The molecule has 4 heteroatoms. The number of aldehydes is 2. The summed E-state index contributed by atoms with van der Waals surface area (Å²) in [6.45, 7) is 0. The molecule has 32 valence electrons. The second-order valence-corrected chi connectivity index (χ2v) is 0.569. The molecule has 0 unspecified atom stereocenters. The third-order valence-corrected chi connectivity index (χ3v) is 0.192. The number of hydrogen-bond donors (Lipinski definition) is 0. The van der Waals surface area contributed by atoms with Crippen molar-refractivity contribution in [2.45, 2.75) is 6.42 Å². The van der Waals surface area contributed by atoms with Gasteiger partial charge in [0, 0.05) is 0 Å². The van der Waals surface area contributed by atoms with Gasteiger partial charge in [0.05, 0.1) is 6.42 Å². The molecule has 0 aliphatic heterocycles. The van der Waals surface area contributed by atoms with Crippen molar-refractivity contribution in [1.82, 2.24) is 0 Å². The molecule has 0 aliphatic carbocycles. The molecule has 7 heavy (non-hydrogen) atoms. The summed E-state index contributed by atoms with van der Waals surface area (Å²) in [7, 11) is 0. The zero-order valence-electron chi connectivity index (χ0n) is 6.68. The van der Waals surface area contributed by atoms with Crippen molar-refractivity contribution in [3.05, 3.63) is 0 Å². The molecule has 0 aromatic carbocycles. The standard InChI is InChI=1S/C3H4O2.2Na.2H/c4-2-1-3-5;;;;/h2-3H,1H2;;;;/q;2*+1;2*-1. The van der Waals surface area contributed by atoms with Gasteiger partial charge < -0.3 is 12.4 Å². The first-order valence-corrected chi connectivity index (χ1v) is 1.29. The third-order valence-electron chi connectivity index (χ3n) is 0.192. The van der Waals surface area contributed by atoms with E-state index in [1.165, 1.54) is 0 Å². The normalized spacial score (nSPS) is 4.57. The van der Waals surface area contributed by atoms with Crippen molar-refractivity contribution in [2.75, 3.05) is 0 Å². The maximum absolute atomic E-state index is 9.17. The van der Waals surface area contributed by atoms with E-state index in [4.69, 9.17) is 0 Å². The minimum atomic E-state index is 0. The van der Waals surface area contributed by atoms with Crippen LogP contribution in [0.4, 0.5) is 0 Å². The number of carbonyl (C=O) groups excluding carboxylic acids is 2. The van der Waals surface area contributed by atoms with Crippen LogP contribution in [0.25, 0.3) is 0 Å². The van der Waals surface area contributed by atoms with Crippen molar-refractivity contribution < 1.29 is 71.6 Å². The van der Waals surface area contributed by atoms with Gasteiger partial charge in [-0.2, -0.15) is 0 Å². The smallest absolute Gasteiger partial charge is 1.00 e. The van der Waals surface area contributed by atoms with E-state index in [0.717, 1.165) is 0 Å². The number of hydrogen-bond acceptors (Lipinski definition) is 2. The van der Waals surface area contributed by atoms with Crippen molar-refractivity contribution in [1.29, 1.82) is 0 Å². The Hall–Kier alpha value is 1.34. The Morgan fingerprint density at radius 3 is 1.43 bits per heavy atom. The van der Waals surface area contributed by atoms with E-state index in [2.05, 4.69) is 0 Å².